The van der Waals surface area contributed by atoms with Crippen molar-refractivity contribution in [3.63, 3.8) is 0 Å². The van der Waals surface area contributed by atoms with Crippen LogP contribution in [0.15, 0.2) is 6.20 Å². The minimum atomic E-state index is 0.609. The Hall–Kier alpha value is -0.920. The van der Waals surface area contributed by atoms with E-state index >= 15 is 0 Å². The SMILES string of the molecule is CCCCCCCCCCCCc1cnc([C@H]2CC[C@H](CCCCC)CC2)nc1C. The van der Waals surface area contributed by atoms with Gasteiger partial charge in [0.2, 0.25) is 0 Å². The summed E-state index contributed by atoms with van der Waals surface area (Å²) in [6, 6.07) is 0. The Balaban J connectivity index is 1.60. The molecule has 1 heterocycles. The molecular formula is C28H50N2. The molecule has 0 amide bonds. The second-order valence-corrected chi connectivity index (χ2v) is 9.98. The smallest absolute Gasteiger partial charge is 0.131 e. The number of aromatic nitrogens is 2. The van der Waals surface area contributed by atoms with Crippen molar-refractivity contribution in [1.29, 1.82) is 0 Å². The maximum absolute atomic E-state index is 4.95. The Kier molecular flexibility index (Phi) is 13.4. The Morgan fingerprint density at radius 2 is 1.30 bits per heavy atom. The molecule has 1 aliphatic rings. The van der Waals surface area contributed by atoms with Crippen LogP contribution < -0.4 is 0 Å². The van der Waals surface area contributed by atoms with Crippen molar-refractivity contribution in [3.8, 4) is 0 Å². The molecule has 2 heteroatoms. The van der Waals surface area contributed by atoms with Gasteiger partial charge in [-0.3, -0.25) is 0 Å². The summed E-state index contributed by atoms with van der Waals surface area (Å²) in [6.45, 7) is 6.80. The molecule has 0 unspecified atom stereocenters. The summed E-state index contributed by atoms with van der Waals surface area (Å²) in [4.78, 5) is 9.77. The number of unbranched alkanes of at least 4 members (excludes halogenated alkanes) is 11. The Morgan fingerprint density at radius 3 is 1.90 bits per heavy atom. The summed E-state index contributed by atoms with van der Waals surface area (Å²) < 4.78 is 0. The highest BCUT2D eigenvalue weighted by Gasteiger charge is 2.24. The lowest BCUT2D eigenvalue weighted by molar-refractivity contribution is 0.297. The van der Waals surface area contributed by atoms with Crippen LogP contribution in [0.25, 0.3) is 0 Å². The molecule has 1 aromatic rings. The van der Waals surface area contributed by atoms with Crippen molar-refractivity contribution in [1.82, 2.24) is 9.97 Å². The second-order valence-electron chi connectivity index (χ2n) is 9.98. The predicted octanol–water partition coefficient (Wildman–Crippen LogP) is 9.10. The van der Waals surface area contributed by atoms with Gasteiger partial charge in [0, 0.05) is 17.8 Å². The quantitative estimate of drug-likeness (QED) is 0.252. The number of nitrogens with zero attached hydrogens (tertiary/aromatic N) is 2. The van der Waals surface area contributed by atoms with E-state index < -0.39 is 0 Å². The molecule has 0 atom stereocenters. The highest BCUT2D eigenvalue weighted by atomic mass is 14.9. The first-order valence-electron chi connectivity index (χ1n) is 13.6. The first-order chi connectivity index (χ1) is 14.7. The fourth-order valence-electron chi connectivity index (χ4n) is 5.15. The van der Waals surface area contributed by atoms with Gasteiger partial charge >= 0.3 is 0 Å². The highest BCUT2D eigenvalue weighted by Crippen LogP contribution is 2.36. The van der Waals surface area contributed by atoms with E-state index in [1.54, 1.807) is 0 Å². The first kappa shape index (κ1) is 25.3. The molecule has 0 radical (unpaired) electrons. The maximum Gasteiger partial charge on any atom is 0.131 e. The topological polar surface area (TPSA) is 25.8 Å². The Bertz CT molecular complexity index is 546. The Morgan fingerprint density at radius 1 is 0.733 bits per heavy atom. The van der Waals surface area contributed by atoms with Gasteiger partial charge in [-0.1, -0.05) is 97.3 Å². The molecule has 1 saturated carbocycles. The summed E-state index contributed by atoms with van der Waals surface area (Å²) in [5.74, 6) is 2.70. The van der Waals surface area contributed by atoms with Gasteiger partial charge in [0.1, 0.15) is 5.82 Å². The fourth-order valence-corrected chi connectivity index (χ4v) is 5.15. The normalized spacial score (nSPS) is 19.3. The molecule has 2 rings (SSSR count). The average molecular weight is 415 g/mol. The molecule has 0 saturated heterocycles. The van der Waals surface area contributed by atoms with E-state index in [1.165, 1.54) is 127 Å². The number of rotatable bonds is 16. The van der Waals surface area contributed by atoms with Crippen LogP contribution in [0.3, 0.4) is 0 Å². The molecular weight excluding hydrogens is 364 g/mol. The van der Waals surface area contributed by atoms with Crippen molar-refractivity contribution >= 4 is 0 Å². The molecule has 0 aliphatic heterocycles. The zero-order valence-electron chi connectivity index (χ0n) is 20.6. The third-order valence-electron chi connectivity index (χ3n) is 7.33. The summed E-state index contributed by atoms with van der Waals surface area (Å²) in [5, 5.41) is 0. The lowest BCUT2D eigenvalue weighted by atomic mass is 9.79. The van der Waals surface area contributed by atoms with E-state index in [2.05, 4.69) is 27.0 Å². The number of hydrogen-bond donors (Lipinski definition) is 0. The van der Waals surface area contributed by atoms with E-state index in [4.69, 9.17) is 9.97 Å². The standard InChI is InChI=1S/C28H50N2/c1-4-6-8-9-10-11-12-13-14-16-18-27-23-29-28(30-24(27)3)26-21-19-25(20-22-26)17-15-7-5-2/h23,25-26H,4-22H2,1-3H3/t25-,26-. The van der Waals surface area contributed by atoms with Crippen LogP contribution in [0.2, 0.25) is 0 Å². The molecule has 30 heavy (non-hydrogen) atoms. The summed E-state index contributed by atoms with van der Waals surface area (Å²) >= 11 is 0. The molecule has 0 aromatic carbocycles. The van der Waals surface area contributed by atoms with Gasteiger partial charge in [0.05, 0.1) is 0 Å². The van der Waals surface area contributed by atoms with E-state index in [0.717, 1.165) is 18.2 Å². The van der Waals surface area contributed by atoms with Crippen LogP contribution in [0.4, 0.5) is 0 Å². The van der Waals surface area contributed by atoms with Gasteiger partial charge in [0.25, 0.3) is 0 Å². The summed E-state index contributed by atoms with van der Waals surface area (Å²) in [5.41, 5.74) is 2.62. The van der Waals surface area contributed by atoms with Gasteiger partial charge < -0.3 is 0 Å². The van der Waals surface area contributed by atoms with E-state index in [-0.39, 0.29) is 0 Å². The van der Waals surface area contributed by atoms with Crippen molar-refractivity contribution in [3.05, 3.63) is 23.3 Å². The van der Waals surface area contributed by atoms with Crippen LogP contribution in [-0.2, 0) is 6.42 Å². The lowest BCUT2D eigenvalue weighted by Crippen LogP contribution is -2.16. The van der Waals surface area contributed by atoms with Gasteiger partial charge in [-0.15, -0.1) is 0 Å². The molecule has 1 fully saturated rings. The van der Waals surface area contributed by atoms with Gasteiger partial charge in [-0.05, 0) is 56.9 Å². The van der Waals surface area contributed by atoms with Crippen LogP contribution in [0, 0.1) is 12.8 Å². The largest absolute Gasteiger partial charge is 0.241 e. The predicted molar refractivity (Wildman–Crippen MR) is 131 cm³/mol. The van der Waals surface area contributed by atoms with Crippen LogP contribution >= 0.6 is 0 Å². The van der Waals surface area contributed by atoms with Gasteiger partial charge in [-0.25, -0.2) is 9.97 Å². The maximum atomic E-state index is 4.95. The lowest BCUT2D eigenvalue weighted by Gasteiger charge is -2.28. The fraction of sp³-hybridized carbons (Fsp3) is 0.857. The van der Waals surface area contributed by atoms with Crippen molar-refractivity contribution in [2.24, 2.45) is 5.92 Å². The van der Waals surface area contributed by atoms with Crippen LogP contribution in [-0.4, -0.2) is 9.97 Å². The third-order valence-corrected chi connectivity index (χ3v) is 7.33. The zero-order valence-corrected chi connectivity index (χ0v) is 20.6. The van der Waals surface area contributed by atoms with E-state index in [0.29, 0.717) is 5.92 Å². The third kappa shape index (κ3) is 9.92. The summed E-state index contributed by atoms with van der Waals surface area (Å²) in [6.07, 6.45) is 28.3. The monoisotopic (exact) mass is 414 g/mol. The van der Waals surface area contributed by atoms with E-state index in [1.807, 2.05) is 0 Å². The van der Waals surface area contributed by atoms with E-state index in [9.17, 15) is 0 Å². The van der Waals surface area contributed by atoms with Gasteiger partial charge in [0.15, 0.2) is 0 Å². The zero-order chi connectivity index (χ0) is 21.4. The number of aryl methyl sites for hydroxylation is 2. The van der Waals surface area contributed by atoms with Gasteiger partial charge in [-0.2, -0.15) is 0 Å². The first-order valence-corrected chi connectivity index (χ1v) is 13.6. The van der Waals surface area contributed by atoms with Crippen molar-refractivity contribution in [2.75, 3.05) is 0 Å². The van der Waals surface area contributed by atoms with Crippen molar-refractivity contribution < 1.29 is 0 Å². The molecule has 0 N–H and O–H groups in total. The molecule has 1 aliphatic carbocycles. The van der Waals surface area contributed by atoms with Crippen molar-refractivity contribution in [2.45, 2.75) is 149 Å². The average Bonchev–Trinajstić information content (AvgIpc) is 2.76. The van der Waals surface area contributed by atoms with Crippen LogP contribution in [0.5, 0.6) is 0 Å². The highest BCUT2D eigenvalue weighted by molar-refractivity contribution is 5.17. The molecule has 0 bridgehead atoms. The summed E-state index contributed by atoms with van der Waals surface area (Å²) in [7, 11) is 0. The molecule has 172 valence electrons. The minimum Gasteiger partial charge on any atom is -0.241 e. The molecule has 0 spiro atoms. The molecule has 2 nitrogen and oxygen atoms in total. The molecule has 1 aromatic heterocycles. The van der Waals surface area contributed by atoms with Crippen LogP contribution in [0.1, 0.15) is 152 Å². The Labute approximate surface area is 188 Å². The number of hydrogen-bond acceptors (Lipinski definition) is 2. The second kappa shape index (κ2) is 15.8. The minimum absolute atomic E-state index is 0.609.